The Bertz CT molecular complexity index is 623. The zero-order chi connectivity index (χ0) is 20.0. The smallest absolute Gasteiger partial charge is 0.410 e. The van der Waals surface area contributed by atoms with E-state index < -0.39 is 5.60 Å². The van der Waals surface area contributed by atoms with Crippen LogP contribution in [-0.4, -0.2) is 47.5 Å². The Morgan fingerprint density at radius 1 is 1.30 bits per heavy atom. The second kappa shape index (κ2) is 9.38. The van der Waals surface area contributed by atoms with Crippen molar-refractivity contribution >= 4 is 6.09 Å². The average Bonchev–Trinajstić information content (AvgIpc) is 2.97. The van der Waals surface area contributed by atoms with Crippen LogP contribution < -0.4 is 0 Å². The molecular formula is C22H33NO4. The minimum absolute atomic E-state index is 0.0909. The summed E-state index contributed by atoms with van der Waals surface area (Å²) in [5.41, 5.74) is 1.59. The van der Waals surface area contributed by atoms with Crippen molar-refractivity contribution in [2.24, 2.45) is 11.8 Å². The fourth-order valence-corrected chi connectivity index (χ4v) is 3.64. The highest BCUT2D eigenvalue weighted by Gasteiger charge is 2.44. The van der Waals surface area contributed by atoms with Gasteiger partial charge in [-0.25, -0.2) is 4.79 Å². The molecule has 0 spiro atoms. The summed E-state index contributed by atoms with van der Waals surface area (Å²) < 4.78 is 11.4. The molecule has 1 N–H and O–H groups in total. The highest BCUT2D eigenvalue weighted by Crippen LogP contribution is 2.37. The monoisotopic (exact) mass is 375 g/mol. The van der Waals surface area contributed by atoms with Crippen molar-refractivity contribution in [1.29, 1.82) is 0 Å². The summed E-state index contributed by atoms with van der Waals surface area (Å²) in [4.78, 5) is 14.2. The lowest BCUT2D eigenvalue weighted by molar-refractivity contribution is 0.0127. The van der Waals surface area contributed by atoms with Crippen molar-refractivity contribution in [3.05, 3.63) is 48.0 Å². The van der Waals surface area contributed by atoms with Gasteiger partial charge in [0.1, 0.15) is 5.60 Å². The lowest BCUT2D eigenvalue weighted by Gasteiger charge is -2.29. The Labute approximate surface area is 163 Å². The lowest BCUT2D eigenvalue weighted by Crippen LogP contribution is -2.43. The second-order valence-corrected chi connectivity index (χ2v) is 8.33. The topological polar surface area (TPSA) is 59.0 Å². The van der Waals surface area contributed by atoms with E-state index in [0.29, 0.717) is 19.8 Å². The maximum atomic E-state index is 12.6. The highest BCUT2D eigenvalue weighted by molar-refractivity contribution is 5.69. The predicted molar refractivity (Wildman–Crippen MR) is 106 cm³/mol. The summed E-state index contributed by atoms with van der Waals surface area (Å²) in [6.07, 6.45) is 0.384. The number of likely N-dealkylation sites (tertiary alicyclic amines) is 1. The second-order valence-electron chi connectivity index (χ2n) is 8.33. The van der Waals surface area contributed by atoms with Crippen LogP contribution in [0.3, 0.4) is 0 Å². The number of hydrogen-bond donors (Lipinski definition) is 1. The summed E-state index contributed by atoms with van der Waals surface area (Å²) in [5, 5.41) is 9.97. The normalized spacial score (nSPS) is 22.7. The van der Waals surface area contributed by atoms with E-state index in [1.165, 1.54) is 0 Å². The standard InChI is InChI=1S/C22H33NO4/c1-16(2)19-13-23(21(25)27-22(3,4)5)20(14-24)18(19)11-12-26-15-17-9-7-6-8-10-17/h6-10,18-20,24H,1,11-15H2,2-5H3/t18-,19+,20+/m0/s1. The van der Waals surface area contributed by atoms with Gasteiger partial charge in [-0.2, -0.15) is 0 Å². The van der Waals surface area contributed by atoms with Gasteiger partial charge >= 0.3 is 6.09 Å². The zero-order valence-corrected chi connectivity index (χ0v) is 17.0. The molecule has 1 fully saturated rings. The van der Waals surface area contributed by atoms with Gasteiger partial charge in [0.2, 0.25) is 0 Å². The molecule has 27 heavy (non-hydrogen) atoms. The quantitative estimate of drug-likeness (QED) is 0.578. The van der Waals surface area contributed by atoms with Gasteiger partial charge in [0.15, 0.2) is 0 Å². The first-order valence-electron chi connectivity index (χ1n) is 9.60. The van der Waals surface area contributed by atoms with Crippen molar-refractivity contribution in [3.63, 3.8) is 0 Å². The molecule has 1 aliphatic rings. The maximum Gasteiger partial charge on any atom is 0.410 e. The number of carbonyl (C=O) groups excluding carboxylic acids is 1. The fourth-order valence-electron chi connectivity index (χ4n) is 3.64. The number of ether oxygens (including phenoxy) is 2. The summed E-state index contributed by atoms with van der Waals surface area (Å²) >= 11 is 0. The summed E-state index contributed by atoms with van der Waals surface area (Å²) in [6.45, 7) is 13.2. The van der Waals surface area contributed by atoms with Crippen LogP contribution in [-0.2, 0) is 16.1 Å². The minimum Gasteiger partial charge on any atom is -0.444 e. The Morgan fingerprint density at radius 2 is 1.96 bits per heavy atom. The summed E-state index contributed by atoms with van der Waals surface area (Å²) in [6, 6.07) is 9.76. The van der Waals surface area contributed by atoms with Crippen LogP contribution in [0, 0.1) is 11.8 Å². The predicted octanol–water partition coefficient (Wildman–Crippen LogP) is 4.01. The maximum absolute atomic E-state index is 12.6. The molecule has 1 saturated heterocycles. The van der Waals surface area contributed by atoms with Crippen LogP contribution in [0.15, 0.2) is 42.5 Å². The van der Waals surface area contributed by atoms with Crippen molar-refractivity contribution in [1.82, 2.24) is 4.90 Å². The molecule has 1 aliphatic heterocycles. The first-order valence-corrected chi connectivity index (χ1v) is 9.60. The van der Waals surface area contributed by atoms with Gasteiger partial charge in [0.05, 0.1) is 19.3 Å². The number of nitrogens with zero attached hydrogens (tertiary/aromatic N) is 1. The van der Waals surface area contributed by atoms with Gasteiger partial charge in [0, 0.05) is 19.1 Å². The molecule has 1 amide bonds. The Hall–Kier alpha value is -1.85. The lowest BCUT2D eigenvalue weighted by atomic mass is 9.84. The molecule has 3 atom stereocenters. The third-order valence-electron chi connectivity index (χ3n) is 4.96. The van der Waals surface area contributed by atoms with Gasteiger partial charge in [-0.1, -0.05) is 42.5 Å². The van der Waals surface area contributed by atoms with E-state index in [4.69, 9.17) is 9.47 Å². The Kier molecular flexibility index (Phi) is 7.45. The van der Waals surface area contributed by atoms with Crippen molar-refractivity contribution < 1.29 is 19.4 Å². The number of benzene rings is 1. The number of aliphatic hydroxyl groups excluding tert-OH is 1. The molecule has 1 aromatic rings. The molecule has 2 rings (SSSR count). The van der Waals surface area contributed by atoms with Crippen molar-refractivity contribution in [2.75, 3.05) is 19.8 Å². The number of amides is 1. The van der Waals surface area contributed by atoms with E-state index in [1.54, 1.807) is 4.90 Å². The third kappa shape index (κ3) is 6.08. The Morgan fingerprint density at radius 3 is 2.52 bits per heavy atom. The van der Waals surface area contributed by atoms with Crippen LogP contribution in [0.5, 0.6) is 0 Å². The van der Waals surface area contributed by atoms with Crippen molar-refractivity contribution in [2.45, 2.75) is 52.4 Å². The van der Waals surface area contributed by atoms with E-state index in [1.807, 2.05) is 58.0 Å². The molecular weight excluding hydrogens is 342 g/mol. The molecule has 0 bridgehead atoms. The van der Waals surface area contributed by atoms with Gasteiger partial charge in [-0.3, -0.25) is 0 Å². The number of hydrogen-bond acceptors (Lipinski definition) is 4. The Balaban J connectivity index is 1.98. The molecule has 0 unspecified atom stereocenters. The fraction of sp³-hybridized carbons (Fsp3) is 0.591. The minimum atomic E-state index is -0.563. The van der Waals surface area contributed by atoms with Gasteiger partial charge in [0.25, 0.3) is 0 Å². The van der Waals surface area contributed by atoms with Crippen LogP contribution in [0.4, 0.5) is 4.79 Å². The van der Waals surface area contributed by atoms with E-state index in [0.717, 1.165) is 17.6 Å². The van der Waals surface area contributed by atoms with E-state index >= 15 is 0 Å². The highest BCUT2D eigenvalue weighted by atomic mass is 16.6. The number of carbonyl (C=O) groups is 1. The van der Waals surface area contributed by atoms with Gasteiger partial charge in [-0.15, -0.1) is 0 Å². The number of rotatable bonds is 7. The molecule has 1 heterocycles. The largest absolute Gasteiger partial charge is 0.444 e. The molecule has 150 valence electrons. The van der Waals surface area contributed by atoms with Gasteiger partial charge < -0.3 is 19.5 Å². The molecule has 5 heteroatoms. The zero-order valence-electron chi connectivity index (χ0n) is 17.0. The third-order valence-corrected chi connectivity index (χ3v) is 4.96. The molecule has 0 aromatic heterocycles. The molecule has 0 saturated carbocycles. The molecule has 1 aromatic carbocycles. The van der Waals surface area contributed by atoms with E-state index in [2.05, 4.69) is 6.58 Å². The first kappa shape index (κ1) is 21.5. The first-order chi connectivity index (χ1) is 12.7. The SMILES string of the molecule is C=C(C)[C@H]1CN(C(=O)OC(C)(C)C)[C@H](CO)[C@H]1CCOCc1ccccc1. The van der Waals surface area contributed by atoms with E-state index in [-0.39, 0.29) is 30.6 Å². The molecule has 0 radical (unpaired) electrons. The van der Waals surface area contributed by atoms with Crippen LogP contribution in [0.25, 0.3) is 0 Å². The van der Waals surface area contributed by atoms with Crippen LogP contribution >= 0.6 is 0 Å². The summed E-state index contributed by atoms with van der Waals surface area (Å²) in [7, 11) is 0. The van der Waals surface area contributed by atoms with Crippen molar-refractivity contribution in [3.8, 4) is 0 Å². The number of aliphatic hydroxyl groups is 1. The van der Waals surface area contributed by atoms with E-state index in [9.17, 15) is 9.90 Å². The average molecular weight is 376 g/mol. The van der Waals surface area contributed by atoms with Gasteiger partial charge in [-0.05, 0) is 45.6 Å². The summed E-state index contributed by atoms with van der Waals surface area (Å²) in [5.74, 6) is 0.241. The molecule has 5 nitrogen and oxygen atoms in total. The molecule has 0 aliphatic carbocycles. The van der Waals surface area contributed by atoms with Crippen LogP contribution in [0.1, 0.15) is 39.7 Å². The van der Waals surface area contributed by atoms with Crippen LogP contribution in [0.2, 0.25) is 0 Å².